The number of hydrogen-bond donors (Lipinski definition) is 5. The molecule has 2 amide bonds. The summed E-state index contributed by atoms with van der Waals surface area (Å²) in [7, 11) is -4.09. The molecule has 0 spiro atoms. The Morgan fingerprint density at radius 2 is 1.63 bits per heavy atom. The van der Waals surface area contributed by atoms with Crippen LogP contribution in [0.5, 0.6) is 0 Å². The van der Waals surface area contributed by atoms with Crippen molar-refractivity contribution in [3.8, 4) is 0 Å². The Hall–Kier alpha value is -4.33. The van der Waals surface area contributed by atoms with Crippen LogP contribution in [0.25, 0.3) is 0 Å². The van der Waals surface area contributed by atoms with Gasteiger partial charge in [-0.05, 0) is 59.6 Å². The Labute approximate surface area is 270 Å². The number of rotatable bonds is 16. The van der Waals surface area contributed by atoms with E-state index in [2.05, 4.69) is 20.8 Å². The van der Waals surface area contributed by atoms with Crippen molar-refractivity contribution in [1.29, 1.82) is 0 Å². The van der Waals surface area contributed by atoms with Crippen LogP contribution in [0.15, 0.2) is 89.0 Å². The van der Waals surface area contributed by atoms with Crippen molar-refractivity contribution in [3.63, 3.8) is 0 Å². The summed E-state index contributed by atoms with van der Waals surface area (Å²) in [6.07, 6.45) is 0.460. The summed E-state index contributed by atoms with van der Waals surface area (Å²) < 4.78 is 28.7. The van der Waals surface area contributed by atoms with Crippen molar-refractivity contribution in [2.24, 2.45) is 16.5 Å². The molecule has 13 heteroatoms. The molecule has 1 heterocycles. The summed E-state index contributed by atoms with van der Waals surface area (Å²) >= 11 is 0. The second kappa shape index (κ2) is 16.3. The van der Waals surface area contributed by atoms with Gasteiger partial charge < -0.3 is 26.1 Å². The first-order chi connectivity index (χ1) is 21.7. The molecule has 0 bridgehead atoms. The molecule has 0 saturated heterocycles. The van der Waals surface area contributed by atoms with Gasteiger partial charge in [0, 0.05) is 25.0 Å². The number of hydrogen-bond acceptors (Lipinski definition) is 8. The number of carbonyl (C=O) groups is 2. The van der Waals surface area contributed by atoms with E-state index in [1.165, 1.54) is 34.8 Å². The normalized spacial score (nSPS) is 14.2. The minimum absolute atomic E-state index is 0.0129. The lowest BCUT2D eigenvalue weighted by Crippen LogP contribution is -2.59. The Balaban J connectivity index is 1.93. The SMILES string of the molecule is CC(C)CN(C[C@@H](O)[C@H](Cc1ccccc1)NC(=O)[C@H](NC(=O)O)C(C)(C)Cc1ccccn1)S(=O)(=O)c1ccc(C=NO)cc1. The molecule has 3 aromatic rings. The number of sulfonamides is 1. The minimum Gasteiger partial charge on any atom is -0.465 e. The first kappa shape index (κ1) is 36.1. The highest BCUT2D eigenvalue weighted by atomic mass is 32.2. The van der Waals surface area contributed by atoms with Crippen LogP contribution >= 0.6 is 0 Å². The summed E-state index contributed by atoms with van der Waals surface area (Å²) in [5.41, 5.74) is 1.02. The van der Waals surface area contributed by atoms with Gasteiger partial charge in [-0.1, -0.05) is 81.4 Å². The topological polar surface area (TPSA) is 182 Å². The van der Waals surface area contributed by atoms with Gasteiger partial charge in [0.15, 0.2) is 0 Å². The molecule has 5 N–H and O–H groups in total. The van der Waals surface area contributed by atoms with E-state index in [-0.39, 0.29) is 36.7 Å². The second-order valence-corrected chi connectivity index (χ2v) is 14.2. The number of oxime groups is 1. The van der Waals surface area contributed by atoms with Crippen molar-refractivity contribution < 1.29 is 33.4 Å². The van der Waals surface area contributed by atoms with E-state index < -0.39 is 45.6 Å². The largest absolute Gasteiger partial charge is 0.465 e. The minimum atomic E-state index is -4.09. The summed E-state index contributed by atoms with van der Waals surface area (Å²) in [6.45, 7) is 6.95. The third-order valence-corrected chi connectivity index (χ3v) is 9.29. The van der Waals surface area contributed by atoms with Crippen LogP contribution in [-0.2, 0) is 27.7 Å². The van der Waals surface area contributed by atoms with Gasteiger partial charge in [0.25, 0.3) is 0 Å². The van der Waals surface area contributed by atoms with Crippen LogP contribution in [0.2, 0.25) is 0 Å². The van der Waals surface area contributed by atoms with E-state index in [1.807, 2.05) is 44.2 Å². The van der Waals surface area contributed by atoms with Crippen LogP contribution in [0.3, 0.4) is 0 Å². The fraction of sp³-hybridized carbons (Fsp3) is 0.394. The molecule has 0 unspecified atom stereocenters. The van der Waals surface area contributed by atoms with Crippen molar-refractivity contribution in [2.75, 3.05) is 13.1 Å². The Kier molecular flexibility index (Phi) is 12.8. The fourth-order valence-electron chi connectivity index (χ4n) is 5.18. The Morgan fingerprint density at radius 3 is 2.20 bits per heavy atom. The third-order valence-electron chi connectivity index (χ3n) is 7.45. The lowest BCUT2D eigenvalue weighted by atomic mass is 9.79. The monoisotopic (exact) mass is 653 g/mol. The summed E-state index contributed by atoms with van der Waals surface area (Å²) in [4.78, 5) is 30.0. The quantitative estimate of drug-likeness (QED) is 0.0884. The van der Waals surface area contributed by atoms with Gasteiger partial charge >= 0.3 is 6.09 Å². The van der Waals surface area contributed by atoms with Crippen LogP contribution in [0.4, 0.5) is 4.79 Å². The number of pyridine rings is 1. The molecule has 0 aliphatic heterocycles. The van der Waals surface area contributed by atoms with Crippen LogP contribution in [0, 0.1) is 11.3 Å². The number of nitrogens with zero attached hydrogens (tertiary/aromatic N) is 3. The van der Waals surface area contributed by atoms with E-state index in [0.717, 1.165) is 5.56 Å². The van der Waals surface area contributed by atoms with Gasteiger partial charge in [0.1, 0.15) is 6.04 Å². The highest BCUT2D eigenvalue weighted by Crippen LogP contribution is 2.27. The van der Waals surface area contributed by atoms with Crippen LogP contribution in [0.1, 0.15) is 44.5 Å². The number of nitrogens with one attached hydrogen (secondary N) is 2. The standard InChI is InChI=1S/C33H43N5O7S/c1-23(2)21-38(46(44,45)27-15-13-25(14-16-27)20-35-43)22-29(39)28(18-24-10-6-5-7-11-24)36-31(40)30(37-32(41)42)33(3,4)19-26-12-8-9-17-34-26/h5-17,20,23,28-30,37,39,43H,18-19,21-22H2,1-4H3,(H,36,40)(H,41,42)/t28-,29+,30-/m0/s1. The predicted octanol–water partition coefficient (Wildman–Crippen LogP) is 3.53. The number of amides is 2. The number of carboxylic acid groups (broad SMARTS) is 1. The van der Waals surface area contributed by atoms with E-state index in [1.54, 1.807) is 38.2 Å². The first-order valence-corrected chi connectivity index (χ1v) is 16.4. The molecular weight excluding hydrogens is 610 g/mol. The lowest BCUT2D eigenvalue weighted by Gasteiger charge is -2.36. The van der Waals surface area contributed by atoms with E-state index in [4.69, 9.17) is 5.21 Å². The molecule has 0 radical (unpaired) electrons. The molecular formula is C33H43N5O7S. The van der Waals surface area contributed by atoms with Crippen molar-refractivity contribution >= 4 is 28.2 Å². The summed E-state index contributed by atoms with van der Waals surface area (Å²) in [5.74, 6) is -0.760. The van der Waals surface area contributed by atoms with E-state index >= 15 is 0 Å². The molecule has 0 fully saturated rings. The second-order valence-electron chi connectivity index (χ2n) is 12.3. The van der Waals surface area contributed by atoms with Crippen molar-refractivity contribution in [3.05, 3.63) is 95.8 Å². The molecule has 2 aromatic carbocycles. The van der Waals surface area contributed by atoms with Crippen molar-refractivity contribution in [1.82, 2.24) is 19.9 Å². The smallest absolute Gasteiger partial charge is 0.405 e. The maximum Gasteiger partial charge on any atom is 0.405 e. The molecule has 1 aromatic heterocycles. The Bertz CT molecular complexity index is 1550. The average molecular weight is 654 g/mol. The molecule has 46 heavy (non-hydrogen) atoms. The number of aliphatic hydroxyl groups is 1. The van der Waals surface area contributed by atoms with Crippen LogP contribution in [-0.4, -0.2) is 82.6 Å². The van der Waals surface area contributed by atoms with Gasteiger partial charge in [-0.25, -0.2) is 13.2 Å². The predicted molar refractivity (Wildman–Crippen MR) is 174 cm³/mol. The lowest BCUT2D eigenvalue weighted by molar-refractivity contribution is -0.127. The molecule has 12 nitrogen and oxygen atoms in total. The molecule has 0 aliphatic carbocycles. The highest BCUT2D eigenvalue weighted by Gasteiger charge is 2.39. The molecule has 248 valence electrons. The van der Waals surface area contributed by atoms with Gasteiger partial charge in [-0.3, -0.25) is 9.78 Å². The highest BCUT2D eigenvalue weighted by molar-refractivity contribution is 7.89. The maximum atomic E-state index is 13.9. The van der Waals surface area contributed by atoms with E-state index in [9.17, 15) is 28.2 Å². The van der Waals surface area contributed by atoms with Gasteiger partial charge in [0.05, 0.1) is 23.3 Å². The molecule has 3 rings (SSSR count). The molecule has 3 atom stereocenters. The average Bonchev–Trinajstić information content (AvgIpc) is 3.00. The molecule has 0 saturated carbocycles. The first-order valence-electron chi connectivity index (χ1n) is 14.9. The Morgan fingerprint density at radius 1 is 0.978 bits per heavy atom. The number of aromatic nitrogens is 1. The van der Waals surface area contributed by atoms with Gasteiger partial charge in [0.2, 0.25) is 15.9 Å². The fourth-order valence-corrected chi connectivity index (χ4v) is 6.81. The third kappa shape index (κ3) is 10.4. The number of aliphatic hydroxyl groups excluding tert-OH is 1. The molecule has 0 aliphatic rings. The van der Waals surface area contributed by atoms with E-state index in [0.29, 0.717) is 11.3 Å². The zero-order chi connectivity index (χ0) is 33.9. The maximum absolute atomic E-state index is 13.9. The van der Waals surface area contributed by atoms with Gasteiger partial charge in [-0.15, -0.1) is 0 Å². The number of benzene rings is 2. The zero-order valence-corrected chi connectivity index (χ0v) is 27.3. The summed E-state index contributed by atoms with van der Waals surface area (Å²) in [6, 6.07) is 18.0. The zero-order valence-electron chi connectivity index (χ0n) is 26.4. The van der Waals surface area contributed by atoms with Crippen molar-refractivity contribution in [2.45, 2.75) is 63.6 Å². The summed E-state index contributed by atoms with van der Waals surface area (Å²) in [5, 5.41) is 38.2. The number of carbonyl (C=O) groups excluding carboxylic acids is 1. The van der Waals surface area contributed by atoms with Crippen LogP contribution < -0.4 is 10.6 Å². The van der Waals surface area contributed by atoms with Gasteiger partial charge in [-0.2, -0.15) is 4.31 Å².